The third-order valence-corrected chi connectivity index (χ3v) is 5.98. The van der Waals surface area contributed by atoms with Gasteiger partial charge >= 0.3 is 0 Å². The highest BCUT2D eigenvalue weighted by Gasteiger charge is 2.18. The molecule has 154 valence electrons. The maximum atomic E-state index is 13.1. The maximum Gasteiger partial charge on any atom is 0.256 e. The largest absolute Gasteiger partial charge is 0.352 e. The number of benzene rings is 3. The van der Waals surface area contributed by atoms with Gasteiger partial charge in [-0.25, -0.2) is 0 Å². The summed E-state index contributed by atoms with van der Waals surface area (Å²) in [7, 11) is 0. The summed E-state index contributed by atoms with van der Waals surface area (Å²) in [6.07, 6.45) is 6.15. The number of anilines is 1. The Balaban J connectivity index is 1.54. The Morgan fingerprint density at radius 3 is 2.47 bits per heavy atom. The van der Waals surface area contributed by atoms with E-state index in [0.717, 1.165) is 16.3 Å². The van der Waals surface area contributed by atoms with Crippen LogP contribution in [0.15, 0.2) is 60.7 Å². The van der Waals surface area contributed by atoms with E-state index in [1.807, 2.05) is 67.6 Å². The van der Waals surface area contributed by atoms with Gasteiger partial charge in [0.1, 0.15) is 0 Å². The van der Waals surface area contributed by atoms with Crippen LogP contribution < -0.4 is 10.6 Å². The minimum absolute atomic E-state index is 0.127. The molecule has 0 spiro atoms. The maximum absolute atomic E-state index is 13.1. The average Bonchev–Trinajstić information content (AvgIpc) is 2.79. The molecule has 1 aliphatic carbocycles. The summed E-state index contributed by atoms with van der Waals surface area (Å²) in [4.78, 5) is 26.0. The highest BCUT2D eigenvalue weighted by molar-refractivity contribution is 6.14. The lowest BCUT2D eigenvalue weighted by Gasteiger charge is -2.22. The lowest BCUT2D eigenvalue weighted by Crippen LogP contribution is -2.31. The number of nitrogens with one attached hydrogen (secondary N) is 2. The number of aryl methyl sites for hydroxylation is 1. The van der Waals surface area contributed by atoms with E-state index >= 15 is 0 Å². The molecule has 4 nitrogen and oxygen atoms in total. The smallest absolute Gasteiger partial charge is 0.256 e. The van der Waals surface area contributed by atoms with Gasteiger partial charge < -0.3 is 10.6 Å². The van der Waals surface area contributed by atoms with Crippen LogP contribution in [0.3, 0.4) is 0 Å². The summed E-state index contributed by atoms with van der Waals surface area (Å²) in [5.74, 6) is 0.218. The van der Waals surface area contributed by atoms with Crippen molar-refractivity contribution in [3.63, 3.8) is 0 Å². The van der Waals surface area contributed by atoms with Gasteiger partial charge in [-0.2, -0.15) is 0 Å². The molecule has 2 amide bonds. The first-order valence-electron chi connectivity index (χ1n) is 10.8. The highest BCUT2D eigenvalue weighted by Crippen LogP contribution is 2.24. The number of amides is 2. The van der Waals surface area contributed by atoms with Crippen LogP contribution in [0, 0.1) is 12.8 Å². The lowest BCUT2D eigenvalue weighted by molar-refractivity contribution is 0.0944. The zero-order valence-corrected chi connectivity index (χ0v) is 17.4. The van der Waals surface area contributed by atoms with Crippen molar-refractivity contribution in [2.75, 3.05) is 11.9 Å². The van der Waals surface area contributed by atoms with Crippen LogP contribution in [0.25, 0.3) is 10.8 Å². The number of fused-ring (bicyclic) bond motifs is 1. The van der Waals surface area contributed by atoms with E-state index in [1.54, 1.807) is 0 Å². The summed E-state index contributed by atoms with van der Waals surface area (Å²) in [6.45, 7) is 2.65. The number of carbonyl (C=O) groups is 2. The van der Waals surface area contributed by atoms with Crippen molar-refractivity contribution in [2.45, 2.75) is 39.0 Å². The zero-order valence-electron chi connectivity index (χ0n) is 17.4. The molecule has 0 aromatic heterocycles. The van der Waals surface area contributed by atoms with Crippen molar-refractivity contribution in [3.05, 3.63) is 77.4 Å². The van der Waals surface area contributed by atoms with Crippen LogP contribution in [0.2, 0.25) is 0 Å². The van der Waals surface area contributed by atoms with Crippen LogP contribution in [0.5, 0.6) is 0 Å². The first-order chi connectivity index (χ1) is 14.6. The molecule has 4 heteroatoms. The van der Waals surface area contributed by atoms with Gasteiger partial charge in [0.2, 0.25) is 0 Å². The molecular weight excluding hydrogens is 372 g/mol. The summed E-state index contributed by atoms with van der Waals surface area (Å²) in [5, 5.41) is 7.96. The first-order valence-corrected chi connectivity index (χ1v) is 10.8. The summed E-state index contributed by atoms with van der Waals surface area (Å²) >= 11 is 0. The number of rotatable bonds is 5. The van der Waals surface area contributed by atoms with Crippen molar-refractivity contribution in [3.8, 4) is 0 Å². The molecule has 0 unspecified atom stereocenters. The molecule has 0 saturated heterocycles. The Morgan fingerprint density at radius 2 is 1.63 bits per heavy atom. The minimum atomic E-state index is -0.211. The van der Waals surface area contributed by atoms with Crippen molar-refractivity contribution in [2.24, 2.45) is 5.92 Å². The summed E-state index contributed by atoms with van der Waals surface area (Å²) in [6, 6.07) is 19.1. The quantitative estimate of drug-likeness (QED) is 0.576. The van der Waals surface area contributed by atoms with E-state index < -0.39 is 0 Å². The summed E-state index contributed by atoms with van der Waals surface area (Å²) < 4.78 is 0. The monoisotopic (exact) mass is 400 g/mol. The SMILES string of the molecule is Cc1ccc(NC(=O)c2cccc3ccccc23)c(C(=O)NCC2CCCCC2)c1. The number of hydrogen-bond donors (Lipinski definition) is 2. The lowest BCUT2D eigenvalue weighted by atomic mass is 9.89. The molecule has 1 aliphatic rings. The molecule has 0 radical (unpaired) electrons. The molecular formula is C26H28N2O2. The van der Waals surface area contributed by atoms with E-state index in [-0.39, 0.29) is 11.8 Å². The van der Waals surface area contributed by atoms with Gasteiger partial charge in [-0.1, -0.05) is 67.3 Å². The Labute approximate surface area is 177 Å². The Morgan fingerprint density at radius 1 is 0.867 bits per heavy atom. The fourth-order valence-corrected chi connectivity index (χ4v) is 4.29. The second kappa shape index (κ2) is 9.12. The van der Waals surface area contributed by atoms with Crippen LogP contribution >= 0.6 is 0 Å². The second-order valence-corrected chi connectivity index (χ2v) is 8.24. The van der Waals surface area contributed by atoms with Crippen molar-refractivity contribution in [1.29, 1.82) is 0 Å². The van der Waals surface area contributed by atoms with Gasteiger partial charge in [0.05, 0.1) is 11.3 Å². The van der Waals surface area contributed by atoms with Crippen molar-refractivity contribution in [1.82, 2.24) is 5.32 Å². The molecule has 2 N–H and O–H groups in total. The normalized spacial score (nSPS) is 14.4. The highest BCUT2D eigenvalue weighted by atomic mass is 16.2. The summed E-state index contributed by atoms with van der Waals surface area (Å²) in [5.41, 5.74) is 2.64. The third-order valence-electron chi connectivity index (χ3n) is 5.98. The number of hydrogen-bond acceptors (Lipinski definition) is 2. The minimum Gasteiger partial charge on any atom is -0.352 e. The Kier molecular flexibility index (Phi) is 6.12. The Bertz CT molecular complexity index is 1060. The zero-order chi connectivity index (χ0) is 20.9. The van der Waals surface area contributed by atoms with Crippen LogP contribution in [0.4, 0.5) is 5.69 Å². The van der Waals surface area contributed by atoms with Crippen LogP contribution in [-0.4, -0.2) is 18.4 Å². The number of carbonyl (C=O) groups excluding carboxylic acids is 2. The van der Waals surface area contributed by atoms with E-state index in [4.69, 9.17) is 0 Å². The molecule has 4 rings (SSSR count). The van der Waals surface area contributed by atoms with Gasteiger partial charge in [-0.3, -0.25) is 9.59 Å². The van der Waals surface area contributed by atoms with Gasteiger partial charge in [0, 0.05) is 12.1 Å². The predicted octanol–water partition coefficient (Wildman–Crippen LogP) is 5.71. The molecule has 0 heterocycles. The van der Waals surface area contributed by atoms with Crippen LogP contribution in [-0.2, 0) is 0 Å². The molecule has 0 atom stereocenters. The molecule has 3 aromatic carbocycles. The van der Waals surface area contributed by atoms with Crippen molar-refractivity contribution >= 4 is 28.3 Å². The van der Waals surface area contributed by atoms with E-state index in [2.05, 4.69) is 10.6 Å². The first kappa shape index (κ1) is 20.1. The topological polar surface area (TPSA) is 58.2 Å². The molecule has 0 aliphatic heterocycles. The fraction of sp³-hybridized carbons (Fsp3) is 0.308. The second-order valence-electron chi connectivity index (χ2n) is 8.24. The van der Waals surface area contributed by atoms with E-state index in [0.29, 0.717) is 29.3 Å². The average molecular weight is 401 g/mol. The molecule has 1 fully saturated rings. The standard InChI is InChI=1S/C26H28N2O2/c1-18-14-15-24(23(16-18)25(29)27-17-19-8-3-2-4-9-19)28-26(30)22-13-7-11-20-10-5-6-12-21(20)22/h5-7,10-16,19H,2-4,8-9,17H2,1H3,(H,27,29)(H,28,30). The predicted molar refractivity (Wildman–Crippen MR) is 122 cm³/mol. The van der Waals surface area contributed by atoms with Crippen LogP contribution in [0.1, 0.15) is 58.4 Å². The van der Waals surface area contributed by atoms with Gasteiger partial charge in [0.25, 0.3) is 11.8 Å². The van der Waals surface area contributed by atoms with Gasteiger partial charge in [-0.05, 0) is 54.7 Å². The molecule has 30 heavy (non-hydrogen) atoms. The van der Waals surface area contributed by atoms with E-state index in [1.165, 1.54) is 32.1 Å². The van der Waals surface area contributed by atoms with Gasteiger partial charge in [-0.15, -0.1) is 0 Å². The molecule has 0 bridgehead atoms. The Hall–Kier alpha value is -3.14. The van der Waals surface area contributed by atoms with Gasteiger partial charge in [0.15, 0.2) is 0 Å². The molecule has 3 aromatic rings. The fourth-order valence-electron chi connectivity index (χ4n) is 4.29. The molecule has 1 saturated carbocycles. The van der Waals surface area contributed by atoms with E-state index in [9.17, 15) is 9.59 Å². The third kappa shape index (κ3) is 4.54. The van der Waals surface area contributed by atoms with Crippen molar-refractivity contribution < 1.29 is 9.59 Å².